The molecule has 2 N–H and O–H groups in total. The number of carbonyl (C=O) groups is 2. The van der Waals surface area contributed by atoms with Crippen LogP contribution < -0.4 is 20.1 Å². The molecule has 1 saturated carbocycles. The van der Waals surface area contributed by atoms with E-state index in [1.165, 1.54) is 0 Å². The molecule has 2 aromatic rings. The Labute approximate surface area is 186 Å². The number of ether oxygens (including phenoxy) is 2. The normalized spacial score (nSPS) is 16.9. The molecular weight excluding hydrogens is 414 g/mol. The van der Waals surface area contributed by atoms with Crippen LogP contribution in [0.2, 0.25) is 0 Å². The van der Waals surface area contributed by atoms with E-state index in [0.29, 0.717) is 34.6 Å². The molecule has 4 rings (SSSR count). The molecule has 2 aromatic carbocycles. The van der Waals surface area contributed by atoms with Gasteiger partial charge in [-0.15, -0.1) is 0 Å². The van der Waals surface area contributed by atoms with Gasteiger partial charge in [0, 0.05) is 11.7 Å². The summed E-state index contributed by atoms with van der Waals surface area (Å²) in [6.45, 7) is 2.15. The van der Waals surface area contributed by atoms with Crippen molar-refractivity contribution < 1.29 is 19.1 Å². The summed E-state index contributed by atoms with van der Waals surface area (Å²) in [4.78, 5) is 26.4. The summed E-state index contributed by atoms with van der Waals surface area (Å²) in [6.07, 6.45) is 3.71. The van der Waals surface area contributed by atoms with Gasteiger partial charge >= 0.3 is 0 Å². The number of anilines is 1. The molecule has 2 aliphatic rings. The molecule has 0 atom stereocenters. The Balaban J connectivity index is 1.44. The second kappa shape index (κ2) is 9.18. The maximum absolute atomic E-state index is 12.6. The van der Waals surface area contributed by atoms with Crippen molar-refractivity contribution in [3.05, 3.63) is 59.8 Å². The van der Waals surface area contributed by atoms with Crippen LogP contribution in [0.5, 0.6) is 11.5 Å². The summed E-state index contributed by atoms with van der Waals surface area (Å²) in [5.41, 5.74) is 1.91. The number of benzene rings is 2. The van der Waals surface area contributed by atoms with Crippen LogP contribution in [-0.4, -0.2) is 41.1 Å². The smallest absolute Gasteiger partial charge is 0.276 e. The Morgan fingerprint density at radius 2 is 1.97 bits per heavy atom. The van der Waals surface area contributed by atoms with Crippen LogP contribution in [0.1, 0.15) is 25.3 Å². The van der Waals surface area contributed by atoms with Gasteiger partial charge in [0.15, 0.2) is 23.2 Å². The molecule has 1 saturated heterocycles. The van der Waals surface area contributed by atoms with Crippen molar-refractivity contribution in [2.24, 2.45) is 0 Å². The van der Waals surface area contributed by atoms with Gasteiger partial charge in [-0.3, -0.25) is 14.5 Å². The number of hydrogen-bond donors (Lipinski definition) is 2. The number of hydrogen-bond acceptors (Lipinski definition) is 5. The zero-order valence-corrected chi connectivity index (χ0v) is 17.9. The van der Waals surface area contributed by atoms with Crippen LogP contribution in [0.3, 0.4) is 0 Å². The van der Waals surface area contributed by atoms with Crippen molar-refractivity contribution in [2.75, 3.05) is 18.5 Å². The third-order valence-corrected chi connectivity index (χ3v) is 5.12. The lowest BCUT2D eigenvalue weighted by Gasteiger charge is -2.13. The molecule has 0 unspecified atom stereocenters. The minimum Gasteiger partial charge on any atom is -0.490 e. The molecule has 0 radical (unpaired) electrons. The molecule has 7 nitrogen and oxygen atoms in total. The Morgan fingerprint density at radius 1 is 1.19 bits per heavy atom. The highest BCUT2D eigenvalue weighted by Crippen LogP contribution is 2.32. The SMILES string of the molecule is CCOc1cc(/C=C2/NC(=S)N(C3CC3)C2=O)ccc1OCC(=O)Nc1ccccc1. The van der Waals surface area contributed by atoms with Gasteiger partial charge in [0.1, 0.15) is 5.70 Å². The number of rotatable bonds is 8. The lowest BCUT2D eigenvalue weighted by atomic mass is 10.1. The topological polar surface area (TPSA) is 79.9 Å². The lowest BCUT2D eigenvalue weighted by Crippen LogP contribution is -2.32. The largest absolute Gasteiger partial charge is 0.490 e. The Morgan fingerprint density at radius 3 is 2.68 bits per heavy atom. The van der Waals surface area contributed by atoms with Gasteiger partial charge in [-0.1, -0.05) is 24.3 Å². The molecule has 1 heterocycles. The van der Waals surface area contributed by atoms with Gasteiger partial charge in [0.05, 0.1) is 6.61 Å². The quantitative estimate of drug-likeness (QED) is 0.487. The summed E-state index contributed by atoms with van der Waals surface area (Å²) in [5.74, 6) is 0.571. The highest BCUT2D eigenvalue weighted by Gasteiger charge is 2.41. The third kappa shape index (κ3) is 5.03. The van der Waals surface area contributed by atoms with Gasteiger partial charge in [-0.25, -0.2) is 0 Å². The zero-order chi connectivity index (χ0) is 21.8. The van der Waals surface area contributed by atoms with Crippen molar-refractivity contribution in [2.45, 2.75) is 25.8 Å². The first-order valence-electron chi connectivity index (χ1n) is 10.2. The van der Waals surface area contributed by atoms with Crippen molar-refractivity contribution in [1.82, 2.24) is 10.2 Å². The molecular formula is C23H23N3O4S. The first-order chi connectivity index (χ1) is 15.0. The first-order valence-corrected chi connectivity index (χ1v) is 10.6. The Hall–Kier alpha value is -3.39. The standard InChI is InChI=1S/C23H23N3O4S/c1-2-29-20-13-15(12-18-22(28)26(17-9-10-17)23(31)25-18)8-11-19(20)30-14-21(27)24-16-6-4-3-5-7-16/h3-8,11-13,17H,2,9-10,14H2,1H3,(H,24,27)(H,25,31)/b18-12+. The molecule has 160 valence electrons. The molecule has 2 amide bonds. The van der Waals surface area contributed by atoms with Gasteiger partial charge in [0.25, 0.3) is 11.8 Å². The monoisotopic (exact) mass is 437 g/mol. The second-order valence-corrected chi connectivity index (χ2v) is 7.62. The van der Waals surface area contributed by atoms with Gasteiger partial charge in [-0.05, 0) is 67.9 Å². The molecule has 8 heteroatoms. The highest BCUT2D eigenvalue weighted by molar-refractivity contribution is 7.80. The minimum absolute atomic E-state index is 0.108. The van der Waals surface area contributed by atoms with Crippen LogP contribution in [0, 0.1) is 0 Å². The Bertz CT molecular complexity index is 1030. The van der Waals surface area contributed by atoms with Crippen LogP contribution in [0.4, 0.5) is 5.69 Å². The molecule has 2 fully saturated rings. The van der Waals surface area contributed by atoms with E-state index in [-0.39, 0.29) is 24.5 Å². The van der Waals surface area contributed by atoms with Crippen LogP contribution in [-0.2, 0) is 9.59 Å². The molecule has 0 bridgehead atoms. The fourth-order valence-corrected chi connectivity index (χ4v) is 3.59. The van der Waals surface area contributed by atoms with Gasteiger partial charge < -0.3 is 20.1 Å². The summed E-state index contributed by atoms with van der Waals surface area (Å²) >= 11 is 5.29. The number of nitrogens with one attached hydrogen (secondary N) is 2. The predicted octanol–water partition coefficient (Wildman–Crippen LogP) is 3.32. The van der Waals surface area contributed by atoms with Gasteiger partial charge in [0.2, 0.25) is 0 Å². The van der Waals surface area contributed by atoms with Crippen LogP contribution in [0.15, 0.2) is 54.2 Å². The fraction of sp³-hybridized carbons (Fsp3) is 0.261. The molecule has 31 heavy (non-hydrogen) atoms. The second-order valence-electron chi connectivity index (χ2n) is 7.24. The number of para-hydroxylation sites is 1. The van der Waals surface area contributed by atoms with E-state index in [1.807, 2.05) is 25.1 Å². The lowest BCUT2D eigenvalue weighted by molar-refractivity contribution is -0.122. The summed E-state index contributed by atoms with van der Waals surface area (Å²) in [7, 11) is 0. The molecule has 1 aliphatic carbocycles. The van der Waals surface area contributed by atoms with Crippen molar-refractivity contribution >= 4 is 40.9 Å². The fourth-order valence-electron chi connectivity index (χ4n) is 3.24. The van der Waals surface area contributed by atoms with E-state index in [9.17, 15) is 9.59 Å². The average Bonchev–Trinajstić information content (AvgIpc) is 3.54. The van der Waals surface area contributed by atoms with E-state index in [4.69, 9.17) is 21.7 Å². The molecule has 1 aliphatic heterocycles. The average molecular weight is 438 g/mol. The maximum atomic E-state index is 12.6. The number of nitrogens with zero attached hydrogens (tertiary/aromatic N) is 1. The van der Waals surface area contributed by atoms with Crippen molar-refractivity contribution in [3.63, 3.8) is 0 Å². The molecule has 0 spiro atoms. The van der Waals surface area contributed by atoms with E-state index in [1.54, 1.807) is 41.3 Å². The van der Waals surface area contributed by atoms with Crippen LogP contribution >= 0.6 is 12.2 Å². The number of amides is 2. The van der Waals surface area contributed by atoms with E-state index < -0.39 is 0 Å². The first kappa shape index (κ1) is 20.9. The maximum Gasteiger partial charge on any atom is 0.276 e. The minimum atomic E-state index is -0.269. The predicted molar refractivity (Wildman–Crippen MR) is 122 cm³/mol. The van der Waals surface area contributed by atoms with Crippen LogP contribution in [0.25, 0.3) is 6.08 Å². The third-order valence-electron chi connectivity index (χ3n) is 4.82. The summed E-state index contributed by atoms with van der Waals surface area (Å²) in [6, 6.07) is 14.7. The Kier molecular flexibility index (Phi) is 6.18. The molecule has 0 aromatic heterocycles. The summed E-state index contributed by atoms with van der Waals surface area (Å²) in [5, 5.41) is 6.22. The highest BCUT2D eigenvalue weighted by atomic mass is 32.1. The zero-order valence-electron chi connectivity index (χ0n) is 17.1. The van der Waals surface area contributed by atoms with E-state index in [2.05, 4.69) is 10.6 Å². The summed E-state index contributed by atoms with van der Waals surface area (Å²) < 4.78 is 11.4. The number of thiocarbonyl (C=S) groups is 1. The van der Waals surface area contributed by atoms with E-state index >= 15 is 0 Å². The van der Waals surface area contributed by atoms with E-state index in [0.717, 1.165) is 18.4 Å². The van der Waals surface area contributed by atoms with Crippen molar-refractivity contribution in [1.29, 1.82) is 0 Å². The number of carbonyl (C=O) groups excluding carboxylic acids is 2. The van der Waals surface area contributed by atoms with Gasteiger partial charge in [-0.2, -0.15) is 0 Å². The van der Waals surface area contributed by atoms with Crippen molar-refractivity contribution in [3.8, 4) is 11.5 Å².